The van der Waals surface area contributed by atoms with Crippen LogP contribution in [0.5, 0.6) is 0 Å². The maximum atomic E-state index is 10.2. The summed E-state index contributed by atoms with van der Waals surface area (Å²) < 4.78 is 1.62. The summed E-state index contributed by atoms with van der Waals surface area (Å²) in [5.41, 5.74) is 1.33. The van der Waals surface area contributed by atoms with Gasteiger partial charge in [-0.15, -0.1) is 0 Å². The number of aliphatic hydroxyl groups excluding tert-OH is 1. The highest BCUT2D eigenvalue weighted by Gasteiger charge is 2.15. The second kappa shape index (κ2) is 5.48. The smallest absolute Gasteiger partial charge is 0.122 e. The number of aromatic nitrogens is 1. The molecule has 0 fully saturated rings. The molecule has 0 radical (unpaired) electrons. The van der Waals surface area contributed by atoms with E-state index in [9.17, 15) is 5.11 Å². The molecule has 0 saturated carbocycles. The zero-order valence-corrected chi connectivity index (χ0v) is 12.5. The van der Waals surface area contributed by atoms with Gasteiger partial charge in [-0.25, -0.2) is 0 Å². The Bertz CT molecular complexity index is 531. The highest BCUT2D eigenvalue weighted by atomic mass is 79.9. The van der Waals surface area contributed by atoms with Gasteiger partial charge in [0.1, 0.15) is 6.10 Å². The van der Waals surface area contributed by atoms with Crippen LogP contribution in [0.25, 0.3) is 0 Å². The number of hydrogen-bond donors (Lipinski definition) is 1. The van der Waals surface area contributed by atoms with Crippen LogP contribution in [0.1, 0.15) is 17.4 Å². The minimum Gasteiger partial charge on any atom is -0.382 e. The highest BCUT2D eigenvalue weighted by Crippen LogP contribution is 2.29. The van der Waals surface area contributed by atoms with Gasteiger partial charge in [0.25, 0.3) is 0 Å². The first-order chi connectivity index (χ1) is 8.08. The van der Waals surface area contributed by atoms with Crippen LogP contribution in [-0.2, 0) is 0 Å². The number of benzene rings is 1. The van der Waals surface area contributed by atoms with E-state index < -0.39 is 6.10 Å². The Morgan fingerprint density at radius 3 is 2.41 bits per heavy atom. The van der Waals surface area contributed by atoms with Gasteiger partial charge in [0.15, 0.2) is 0 Å². The summed E-state index contributed by atoms with van der Waals surface area (Å²) >= 11 is 12.5. The standard InChI is InChI=1S/C12H8Br2ClNO/c13-8-5-10(14)11(16-6-8)12(17)7-1-3-9(15)4-2-7/h1-6,12,17H. The second-order valence-corrected chi connectivity index (χ2v) is 5.68. The summed E-state index contributed by atoms with van der Waals surface area (Å²) in [5, 5.41) is 10.8. The molecule has 0 aliphatic rings. The quantitative estimate of drug-likeness (QED) is 0.844. The van der Waals surface area contributed by atoms with E-state index in [-0.39, 0.29) is 0 Å². The van der Waals surface area contributed by atoms with Crippen LogP contribution in [0.3, 0.4) is 0 Å². The maximum Gasteiger partial charge on any atom is 0.122 e. The molecule has 88 valence electrons. The van der Waals surface area contributed by atoms with Crippen molar-refractivity contribution in [1.82, 2.24) is 4.98 Å². The predicted octanol–water partition coefficient (Wildman–Crippen LogP) is 4.34. The van der Waals surface area contributed by atoms with Crippen LogP contribution < -0.4 is 0 Å². The minimum atomic E-state index is -0.769. The number of hydrogen-bond acceptors (Lipinski definition) is 2. The van der Waals surface area contributed by atoms with E-state index in [0.717, 1.165) is 14.5 Å². The molecule has 1 aromatic heterocycles. The van der Waals surface area contributed by atoms with Crippen molar-refractivity contribution in [1.29, 1.82) is 0 Å². The van der Waals surface area contributed by atoms with Crippen molar-refractivity contribution in [2.75, 3.05) is 0 Å². The molecule has 0 aliphatic heterocycles. The third-order valence-electron chi connectivity index (χ3n) is 2.28. The Morgan fingerprint density at radius 2 is 1.82 bits per heavy atom. The maximum absolute atomic E-state index is 10.2. The average Bonchev–Trinajstić information content (AvgIpc) is 2.29. The number of nitrogens with zero attached hydrogens (tertiary/aromatic N) is 1. The van der Waals surface area contributed by atoms with E-state index in [1.54, 1.807) is 30.5 Å². The first-order valence-electron chi connectivity index (χ1n) is 4.82. The topological polar surface area (TPSA) is 33.1 Å². The first-order valence-corrected chi connectivity index (χ1v) is 6.79. The molecule has 5 heteroatoms. The van der Waals surface area contributed by atoms with Gasteiger partial charge in [0.2, 0.25) is 0 Å². The van der Waals surface area contributed by atoms with Crippen LogP contribution in [0.2, 0.25) is 5.02 Å². The Morgan fingerprint density at radius 1 is 1.18 bits per heavy atom. The lowest BCUT2D eigenvalue weighted by Gasteiger charge is -2.12. The van der Waals surface area contributed by atoms with Crippen LogP contribution in [0.4, 0.5) is 0 Å². The zero-order chi connectivity index (χ0) is 12.4. The van der Waals surface area contributed by atoms with Crippen molar-refractivity contribution in [3.63, 3.8) is 0 Å². The molecule has 0 aliphatic carbocycles. The van der Waals surface area contributed by atoms with Crippen molar-refractivity contribution < 1.29 is 5.11 Å². The Balaban J connectivity index is 2.36. The Labute approximate surface area is 121 Å². The van der Waals surface area contributed by atoms with Gasteiger partial charge in [-0.05, 0) is 55.6 Å². The molecule has 1 N–H and O–H groups in total. The van der Waals surface area contributed by atoms with Crippen LogP contribution >= 0.6 is 43.5 Å². The first kappa shape index (κ1) is 13.0. The van der Waals surface area contributed by atoms with E-state index in [2.05, 4.69) is 36.8 Å². The summed E-state index contributed by atoms with van der Waals surface area (Å²) in [7, 11) is 0. The second-order valence-electron chi connectivity index (χ2n) is 3.47. The Kier molecular flexibility index (Phi) is 4.20. The normalized spacial score (nSPS) is 12.5. The van der Waals surface area contributed by atoms with E-state index >= 15 is 0 Å². The van der Waals surface area contributed by atoms with Gasteiger partial charge >= 0.3 is 0 Å². The van der Waals surface area contributed by atoms with Gasteiger partial charge in [-0.2, -0.15) is 0 Å². The molecular weight excluding hydrogens is 369 g/mol. The fraction of sp³-hybridized carbons (Fsp3) is 0.0833. The predicted molar refractivity (Wildman–Crippen MR) is 75.2 cm³/mol. The summed E-state index contributed by atoms with van der Waals surface area (Å²) in [4.78, 5) is 4.20. The minimum absolute atomic E-state index is 0.579. The molecule has 0 spiro atoms. The number of halogens is 3. The molecule has 1 aromatic carbocycles. The molecule has 0 saturated heterocycles. The van der Waals surface area contributed by atoms with E-state index in [1.165, 1.54) is 0 Å². The monoisotopic (exact) mass is 375 g/mol. The molecule has 1 heterocycles. The van der Waals surface area contributed by atoms with Crippen LogP contribution in [0, 0.1) is 0 Å². The lowest BCUT2D eigenvalue weighted by Crippen LogP contribution is -2.03. The largest absolute Gasteiger partial charge is 0.382 e. The van der Waals surface area contributed by atoms with Crippen LogP contribution in [-0.4, -0.2) is 10.1 Å². The number of rotatable bonds is 2. The van der Waals surface area contributed by atoms with Gasteiger partial charge in [0, 0.05) is 20.2 Å². The Hall–Kier alpha value is -0.420. The number of pyridine rings is 1. The van der Waals surface area contributed by atoms with E-state index in [1.807, 2.05) is 6.07 Å². The van der Waals surface area contributed by atoms with Gasteiger partial charge in [-0.1, -0.05) is 23.7 Å². The summed E-state index contributed by atoms with van der Waals surface area (Å²) in [6.07, 6.45) is 0.883. The molecule has 1 unspecified atom stereocenters. The highest BCUT2D eigenvalue weighted by molar-refractivity contribution is 9.11. The lowest BCUT2D eigenvalue weighted by atomic mass is 10.1. The van der Waals surface area contributed by atoms with Crippen molar-refractivity contribution in [2.24, 2.45) is 0 Å². The van der Waals surface area contributed by atoms with E-state index in [0.29, 0.717) is 10.7 Å². The molecule has 17 heavy (non-hydrogen) atoms. The van der Waals surface area contributed by atoms with Crippen molar-refractivity contribution in [2.45, 2.75) is 6.10 Å². The molecule has 0 amide bonds. The lowest BCUT2D eigenvalue weighted by molar-refractivity contribution is 0.214. The van der Waals surface area contributed by atoms with Gasteiger partial charge < -0.3 is 5.11 Å². The molecule has 0 bridgehead atoms. The molecule has 2 nitrogen and oxygen atoms in total. The fourth-order valence-corrected chi connectivity index (χ4v) is 2.76. The zero-order valence-electron chi connectivity index (χ0n) is 8.57. The molecule has 2 rings (SSSR count). The molecule has 2 aromatic rings. The SMILES string of the molecule is OC(c1ccc(Cl)cc1)c1ncc(Br)cc1Br. The summed E-state index contributed by atoms with van der Waals surface area (Å²) in [5.74, 6) is 0. The van der Waals surface area contributed by atoms with Crippen molar-refractivity contribution in [3.8, 4) is 0 Å². The summed E-state index contributed by atoms with van der Waals surface area (Å²) in [6, 6.07) is 8.90. The summed E-state index contributed by atoms with van der Waals surface area (Å²) in [6.45, 7) is 0. The van der Waals surface area contributed by atoms with Gasteiger partial charge in [-0.3, -0.25) is 4.98 Å². The van der Waals surface area contributed by atoms with Crippen LogP contribution in [0.15, 0.2) is 45.5 Å². The van der Waals surface area contributed by atoms with Crippen molar-refractivity contribution in [3.05, 3.63) is 61.8 Å². The number of aliphatic hydroxyl groups is 1. The third-order valence-corrected chi connectivity index (χ3v) is 3.60. The molecule has 1 atom stereocenters. The van der Waals surface area contributed by atoms with E-state index in [4.69, 9.17) is 11.6 Å². The average molecular weight is 377 g/mol. The van der Waals surface area contributed by atoms with Crippen molar-refractivity contribution >= 4 is 43.5 Å². The molecular formula is C12H8Br2ClNO. The fourth-order valence-electron chi connectivity index (χ4n) is 1.43. The van der Waals surface area contributed by atoms with Gasteiger partial charge in [0.05, 0.1) is 5.69 Å². The third kappa shape index (κ3) is 3.07.